The summed E-state index contributed by atoms with van der Waals surface area (Å²) in [5, 5.41) is 17.3. The van der Waals surface area contributed by atoms with Crippen molar-refractivity contribution >= 4 is 12.3 Å². The fourth-order valence-electron chi connectivity index (χ4n) is 3.47. The van der Waals surface area contributed by atoms with Crippen molar-refractivity contribution in [3.05, 3.63) is 83.4 Å². The molecule has 0 saturated heterocycles. The Bertz CT molecular complexity index is 1510. The van der Waals surface area contributed by atoms with Crippen molar-refractivity contribution in [2.75, 3.05) is 14.2 Å². The second-order valence-electron chi connectivity index (χ2n) is 8.28. The number of halogens is 6. The van der Waals surface area contributed by atoms with Crippen molar-refractivity contribution in [2.45, 2.75) is 25.9 Å². The van der Waals surface area contributed by atoms with E-state index in [1.165, 1.54) is 72.4 Å². The molecule has 1 N–H and O–H groups in total. The predicted octanol–water partition coefficient (Wildman–Crippen LogP) is 5.35. The van der Waals surface area contributed by atoms with E-state index in [1.54, 1.807) is 0 Å². The van der Waals surface area contributed by atoms with E-state index in [0.717, 1.165) is 12.1 Å². The minimum atomic E-state index is -4.77. The van der Waals surface area contributed by atoms with Gasteiger partial charge in [0.05, 0.1) is 35.8 Å². The molecule has 0 aliphatic rings. The Morgan fingerprint density at radius 3 is 1.58 bits per heavy atom. The maximum Gasteiger partial charge on any atom is 0.573 e. The van der Waals surface area contributed by atoms with Crippen LogP contribution in [0.4, 0.5) is 26.3 Å². The van der Waals surface area contributed by atoms with Gasteiger partial charge in [-0.25, -0.2) is 14.2 Å². The second kappa shape index (κ2) is 13.8. The molecule has 230 valence electrons. The number of methoxy groups -OCH3 is 2. The highest BCUT2D eigenvalue weighted by Gasteiger charge is 2.31. The molecule has 2 aromatic heterocycles. The molecule has 2 heterocycles. The molecule has 0 bridgehead atoms. The third-order valence-electron chi connectivity index (χ3n) is 5.20. The van der Waals surface area contributed by atoms with Crippen LogP contribution in [0.15, 0.2) is 60.9 Å². The first-order chi connectivity index (χ1) is 20.2. The maximum absolute atomic E-state index is 12.1. The second-order valence-corrected chi connectivity index (χ2v) is 8.28. The van der Waals surface area contributed by atoms with Crippen LogP contribution >= 0.6 is 0 Å². The fraction of sp³-hybridized carbons (Fsp3) is 0.231. The zero-order valence-corrected chi connectivity index (χ0v) is 22.2. The lowest BCUT2D eigenvalue weighted by Crippen LogP contribution is -2.17. The Labute approximate surface area is 238 Å². The van der Waals surface area contributed by atoms with Gasteiger partial charge in [-0.3, -0.25) is 4.79 Å². The molecule has 0 radical (unpaired) electrons. The number of rotatable bonds is 10. The van der Waals surface area contributed by atoms with E-state index < -0.39 is 18.7 Å². The quantitative estimate of drug-likeness (QED) is 0.185. The molecule has 4 rings (SSSR count). The lowest BCUT2D eigenvalue weighted by molar-refractivity contribution is -0.275. The van der Waals surface area contributed by atoms with E-state index in [9.17, 15) is 35.9 Å². The van der Waals surface area contributed by atoms with Crippen molar-refractivity contribution in [1.29, 1.82) is 0 Å². The van der Waals surface area contributed by atoms with Gasteiger partial charge in [0.1, 0.15) is 22.8 Å². The first-order valence-electron chi connectivity index (χ1n) is 11.8. The molecule has 17 heteroatoms. The standard InChI is InChI=1S/C13H11F3N2O4.C13H11F3N2O3/c1-21-7-11-10(12(19)20)6-18(17-11)8-2-4-9(5-3-8)22-13(14,15)16;1-20-8-12-9(7-19)6-18(17-12)10-2-4-11(5-3-10)21-13(14,15)16/h2-6H,7H2,1H3,(H,19,20);2-7H,8H2,1H3. The zero-order chi connectivity index (χ0) is 31.8. The Hall–Kier alpha value is -4.90. The number of carbonyl (C=O) groups is 2. The summed E-state index contributed by atoms with van der Waals surface area (Å²) in [6.07, 6.45) is -6.13. The number of aromatic nitrogens is 4. The van der Waals surface area contributed by atoms with Crippen molar-refractivity contribution in [1.82, 2.24) is 19.6 Å². The van der Waals surface area contributed by atoms with Gasteiger partial charge < -0.3 is 24.1 Å². The number of carboxylic acid groups (broad SMARTS) is 1. The summed E-state index contributed by atoms with van der Waals surface area (Å²) in [5.41, 5.74) is 1.85. The molecule has 0 spiro atoms. The maximum atomic E-state index is 12.1. The van der Waals surface area contributed by atoms with Gasteiger partial charge >= 0.3 is 18.7 Å². The van der Waals surface area contributed by atoms with E-state index in [2.05, 4.69) is 19.7 Å². The number of carbonyl (C=O) groups excluding carboxylic acids is 1. The van der Waals surface area contributed by atoms with Crippen LogP contribution in [-0.2, 0) is 22.7 Å². The van der Waals surface area contributed by atoms with E-state index in [-0.39, 0.29) is 36.0 Å². The number of benzene rings is 2. The summed E-state index contributed by atoms with van der Waals surface area (Å²) < 4.78 is 92.3. The third kappa shape index (κ3) is 9.57. The number of hydrogen-bond donors (Lipinski definition) is 1. The van der Waals surface area contributed by atoms with E-state index in [4.69, 9.17) is 14.6 Å². The van der Waals surface area contributed by atoms with Crippen LogP contribution < -0.4 is 9.47 Å². The van der Waals surface area contributed by atoms with E-state index in [0.29, 0.717) is 28.9 Å². The zero-order valence-electron chi connectivity index (χ0n) is 22.2. The van der Waals surface area contributed by atoms with E-state index >= 15 is 0 Å². The van der Waals surface area contributed by atoms with Gasteiger partial charge in [-0.1, -0.05) is 0 Å². The van der Waals surface area contributed by atoms with Crippen molar-refractivity contribution in [3.8, 4) is 22.9 Å². The highest BCUT2D eigenvalue weighted by atomic mass is 19.4. The summed E-state index contributed by atoms with van der Waals surface area (Å²) in [4.78, 5) is 22.0. The van der Waals surface area contributed by atoms with Gasteiger partial charge in [0.25, 0.3) is 0 Å². The molecule has 2 aromatic carbocycles. The number of aldehydes is 1. The highest BCUT2D eigenvalue weighted by Crippen LogP contribution is 2.25. The summed E-state index contributed by atoms with van der Waals surface area (Å²) >= 11 is 0. The van der Waals surface area contributed by atoms with Gasteiger partial charge in [0.15, 0.2) is 6.29 Å². The summed E-state index contributed by atoms with van der Waals surface area (Å²) in [7, 11) is 2.87. The molecule has 0 amide bonds. The van der Waals surface area contributed by atoms with Crippen molar-refractivity contribution in [3.63, 3.8) is 0 Å². The average Bonchev–Trinajstić information content (AvgIpc) is 3.53. The van der Waals surface area contributed by atoms with Crippen LogP contribution in [0.5, 0.6) is 11.5 Å². The molecule has 0 unspecified atom stereocenters. The average molecular weight is 616 g/mol. The monoisotopic (exact) mass is 616 g/mol. The Balaban J connectivity index is 0.000000236. The smallest absolute Gasteiger partial charge is 0.478 e. The lowest BCUT2D eigenvalue weighted by atomic mass is 10.2. The lowest BCUT2D eigenvalue weighted by Gasteiger charge is -2.09. The molecular formula is C26H22F6N4O7. The SMILES string of the molecule is COCc1nn(-c2ccc(OC(F)(F)F)cc2)cc1C(=O)O.COCc1nn(-c2ccc(OC(F)(F)F)cc2)cc1C=O. The molecule has 0 fully saturated rings. The number of aromatic carboxylic acids is 1. The molecule has 0 aliphatic carbocycles. The summed E-state index contributed by atoms with van der Waals surface area (Å²) in [6.45, 7) is 0.167. The Kier molecular flexibility index (Phi) is 10.5. The topological polar surface area (TPSA) is 127 Å². The van der Waals surface area contributed by atoms with Crippen molar-refractivity contribution < 1.29 is 60.0 Å². The molecule has 43 heavy (non-hydrogen) atoms. The van der Waals surface area contributed by atoms with Gasteiger partial charge in [-0.2, -0.15) is 10.2 Å². The minimum absolute atomic E-state index is 0.00387. The minimum Gasteiger partial charge on any atom is -0.478 e. The molecule has 0 saturated carbocycles. The third-order valence-corrected chi connectivity index (χ3v) is 5.20. The number of carboxylic acids is 1. The molecule has 11 nitrogen and oxygen atoms in total. The molecule has 0 aliphatic heterocycles. The molecule has 0 atom stereocenters. The number of nitrogens with zero attached hydrogens (tertiary/aromatic N) is 4. The normalized spacial score (nSPS) is 11.4. The summed E-state index contributed by atoms with van der Waals surface area (Å²) in [6, 6.07) is 10.0. The number of alkyl halides is 6. The van der Waals surface area contributed by atoms with Gasteiger partial charge in [-0.05, 0) is 48.5 Å². The highest BCUT2D eigenvalue weighted by molar-refractivity contribution is 5.88. The Morgan fingerprint density at radius 2 is 1.19 bits per heavy atom. The van der Waals surface area contributed by atoms with Gasteiger partial charge in [0, 0.05) is 26.6 Å². The largest absolute Gasteiger partial charge is 0.573 e. The number of ether oxygens (including phenoxy) is 4. The summed E-state index contributed by atoms with van der Waals surface area (Å²) in [5.74, 6) is -1.87. The Morgan fingerprint density at radius 1 is 0.767 bits per heavy atom. The molecule has 4 aromatic rings. The van der Waals surface area contributed by atoms with Crippen LogP contribution in [0.25, 0.3) is 11.4 Å². The number of hydrogen-bond acceptors (Lipinski definition) is 8. The molecular weight excluding hydrogens is 594 g/mol. The van der Waals surface area contributed by atoms with Crippen LogP contribution in [0.2, 0.25) is 0 Å². The van der Waals surface area contributed by atoms with Gasteiger partial charge in [-0.15, -0.1) is 26.3 Å². The predicted molar refractivity (Wildman–Crippen MR) is 134 cm³/mol. The van der Waals surface area contributed by atoms with Crippen LogP contribution in [-0.4, -0.2) is 63.9 Å². The fourth-order valence-corrected chi connectivity index (χ4v) is 3.47. The van der Waals surface area contributed by atoms with Gasteiger partial charge in [0.2, 0.25) is 0 Å². The first-order valence-corrected chi connectivity index (χ1v) is 11.8. The van der Waals surface area contributed by atoms with Crippen LogP contribution in [0.3, 0.4) is 0 Å². The van der Waals surface area contributed by atoms with Crippen molar-refractivity contribution in [2.24, 2.45) is 0 Å². The first kappa shape index (κ1) is 32.6. The van der Waals surface area contributed by atoms with Crippen LogP contribution in [0, 0.1) is 0 Å². The van der Waals surface area contributed by atoms with E-state index in [1.807, 2.05) is 0 Å². The van der Waals surface area contributed by atoms with Crippen LogP contribution in [0.1, 0.15) is 32.1 Å².